The highest BCUT2D eigenvalue weighted by atomic mass is 35.5. The maximum absolute atomic E-state index is 13.2. The van der Waals surface area contributed by atoms with Gasteiger partial charge in [-0.25, -0.2) is 9.78 Å². The molecule has 37 heavy (non-hydrogen) atoms. The fraction of sp³-hybridized carbons (Fsp3) is 0.407. The van der Waals surface area contributed by atoms with E-state index in [4.69, 9.17) is 14.5 Å². The van der Waals surface area contributed by atoms with Crippen molar-refractivity contribution in [1.29, 1.82) is 0 Å². The third-order valence-corrected chi connectivity index (χ3v) is 7.88. The van der Waals surface area contributed by atoms with Crippen LogP contribution in [0.5, 0.6) is 0 Å². The van der Waals surface area contributed by atoms with E-state index in [0.717, 1.165) is 60.0 Å². The van der Waals surface area contributed by atoms with Gasteiger partial charge in [0.05, 0.1) is 18.1 Å². The number of nitrogens with zero attached hydrogens (tertiary/aromatic N) is 3. The summed E-state index contributed by atoms with van der Waals surface area (Å²) < 4.78 is 11.9. The Morgan fingerprint density at radius 2 is 1.65 bits per heavy atom. The quantitative estimate of drug-likeness (QED) is 0.317. The van der Waals surface area contributed by atoms with Gasteiger partial charge in [0.1, 0.15) is 5.60 Å². The van der Waals surface area contributed by atoms with Gasteiger partial charge in [0, 0.05) is 52.5 Å². The molecule has 6 rings (SSSR count). The number of ether oxygens (including phenoxy) is 2. The summed E-state index contributed by atoms with van der Waals surface area (Å²) in [4.78, 5) is 23.0. The topological polar surface area (TPSA) is 66.9 Å². The molecule has 4 heterocycles. The number of rotatable bonds is 9. The van der Waals surface area contributed by atoms with Gasteiger partial charge in [0.2, 0.25) is 0 Å². The summed E-state index contributed by atoms with van der Waals surface area (Å²) in [5.74, 6) is 0.614. The van der Waals surface area contributed by atoms with Crippen LogP contribution in [0, 0.1) is 0 Å². The van der Waals surface area contributed by atoms with Crippen LogP contribution in [-0.4, -0.2) is 61.4 Å². The van der Waals surface area contributed by atoms with Crippen LogP contribution in [0.4, 0.5) is 15.7 Å². The number of hydrogen-bond acceptors (Lipinski definition) is 7. The van der Waals surface area contributed by atoms with E-state index in [9.17, 15) is 4.79 Å². The monoisotopic (exact) mass is 564 g/mol. The summed E-state index contributed by atoms with van der Waals surface area (Å²) in [5.41, 5.74) is 1.84. The lowest BCUT2D eigenvalue weighted by Gasteiger charge is -2.47. The average Bonchev–Trinajstić information content (AvgIpc) is 3.34. The third kappa shape index (κ3) is 7.15. The molecule has 0 radical (unpaired) electrons. The molecule has 0 aliphatic carbocycles. The lowest BCUT2D eigenvalue weighted by atomic mass is 9.83. The standard InChI is InChI=1S/C27H32N4O3S.2ClH/c1-30(26(32)34-27-12-16-31(17-13-27)18-14-27)24-23(22-10-6-3-7-11-22)35-25(29-24)28-15-19-33-20-21-8-4-2-5-9-21;;/h2-11H,12-20H2,1H3,(H,28,29);2*1H. The number of piperidine rings is 3. The second kappa shape index (κ2) is 13.4. The Kier molecular flexibility index (Phi) is 10.6. The van der Waals surface area contributed by atoms with E-state index in [-0.39, 0.29) is 36.5 Å². The summed E-state index contributed by atoms with van der Waals surface area (Å²) >= 11 is 1.54. The zero-order valence-electron chi connectivity index (χ0n) is 20.9. The van der Waals surface area contributed by atoms with Crippen LogP contribution >= 0.6 is 36.2 Å². The number of nitrogens with one attached hydrogen (secondary N) is 1. The number of anilines is 2. The molecule has 0 atom stereocenters. The molecule has 2 bridgehead atoms. The van der Waals surface area contributed by atoms with Crippen molar-refractivity contribution < 1.29 is 14.3 Å². The largest absolute Gasteiger partial charge is 0.442 e. The van der Waals surface area contributed by atoms with Crippen LogP contribution in [-0.2, 0) is 16.1 Å². The van der Waals surface area contributed by atoms with Gasteiger partial charge in [-0.05, 0) is 11.1 Å². The van der Waals surface area contributed by atoms with Crippen LogP contribution in [0.2, 0.25) is 0 Å². The lowest BCUT2D eigenvalue weighted by Crippen LogP contribution is -2.55. The number of thiazole rings is 1. The van der Waals surface area contributed by atoms with Gasteiger partial charge in [-0.1, -0.05) is 72.0 Å². The van der Waals surface area contributed by atoms with Crippen LogP contribution in [0.25, 0.3) is 10.4 Å². The number of hydrogen-bond donors (Lipinski definition) is 1. The van der Waals surface area contributed by atoms with Crippen LogP contribution < -0.4 is 10.2 Å². The number of amides is 1. The molecular weight excluding hydrogens is 531 g/mol. The second-order valence-electron chi connectivity index (χ2n) is 9.20. The van der Waals surface area contributed by atoms with Crippen molar-refractivity contribution in [3.63, 3.8) is 0 Å². The van der Waals surface area contributed by atoms with Crippen LogP contribution in [0.1, 0.15) is 24.8 Å². The molecule has 10 heteroatoms. The molecule has 7 nitrogen and oxygen atoms in total. The number of halogens is 2. The summed E-state index contributed by atoms with van der Waals surface area (Å²) in [5, 5.41) is 4.12. The molecule has 3 aliphatic rings. The predicted molar refractivity (Wildman–Crippen MR) is 155 cm³/mol. The van der Waals surface area contributed by atoms with E-state index >= 15 is 0 Å². The smallest absolute Gasteiger partial charge is 0.415 e. The minimum absolute atomic E-state index is 0. The summed E-state index contributed by atoms with van der Waals surface area (Å²) in [6, 6.07) is 20.2. The van der Waals surface area contributed by atoms with E-state index in [2.05, 4.69) is 22.3 Å². The highest BCUT2D eigenvalue weighted by molar-refractivity contribution is 7.19. The first-order valence-corrected chi connectivity index (χ1v) is 13.0. The molecular formula is C27H34Cl2N4O3S. The normalized spacial score (nSPS) is 19.9. The molecule has 1 amide bonds. The van der Waals surface area contributed by atoms with Gasteiger partial charge in [-0.15, -0.1) is 24.8 Å². The van der Waals surface area contributed by atoms with Crippen LogP contribution in [0.15, 0.2) is 60.7 Å². The Morgan fingerprint density at radius 3 is 2.30 bits per heavy atom. The van der Waals surface area contributed by atoms with Gasteiger partial charge < -0.3 is 19.7 Å². The van der Waals surface area contributed by atoms with Crippen molar-refractivity contribution in [2.75, 3.05) is 50.1 Å². The molecule has 3 saturated heterocycles. The molecule has 0 saturated carbocycles. The molecule has 0 unspecified atom stereocenters. The lowest BCUT2D eigenvalue weighted by molar-refractivity contribution is -0.0760. The van der Waals surface area contributed by atoms with Gasteiger partial charge >= 0.3 is 6.09 Å². The van der Waals surface area contributed by atoms with Crippen LogP contribution in [0.3, 0.4) is 0 Å². The molecule has 1 N–H and O–H groups in total. The first-order chi connectivity index (χ1) is 17.1. The molecule has 0 spiro atoms. The van der Waals surface area contributed by atoms with Gasteiger partial charge in [0.15, 0.2) is 10.9 Å². The number of aromatic nitrogens is 1. The van der Waals surface area contributed by atoms with E-state index < -0.39 is 0 Å². The second-order valence-corrected chi connectivity index (χ2v) is 10.2. The van der Waals surface area contributed by atoms with Crippen molar-refractivity contribution >= 4 is 53.2 Å². The van der Waals surface area contributed by atoms with Crippen molar-refractivity contribution in [1.82, 2.24) is 9.88 Å². The maximum Gasteiger partial charge on any atom is 0.415 e. The molecule has 1 aromatic heterocycles. The predicted octanol–water partition coefficient (Wildman–Crippen LogP) is 6.09. The summed E-state index contributed by atoms with van der Waals surface area (Å²) in [7, 11) is 1.76. The van der Waals surface area contributed by atoms with Gasteiger partial charge in [-0.3, -0.25) is 4.90 Å². The molecule has 3 fully saturated rings. The number of fused-ring (bicyclic) bond motifs is 3. The third-order valence-electron chi connectivity index (χ3n) is 6.83. The maximum atomic E-state index is 13.2. The average molecular weight is 566 g/mol. The van der Waals surface area contributed by atoms with Crippen molar-refractivity contribution in [3.05, 3.63) is 66.2 Å². The fourth-order valence-corrected chi connectivity index (χ4v) is 5.70. The molecule has 2 aromatic carbocycles. The van der Waals surface area contributed by atoms with Crippen molar-refractivity contribution in [3.8, 4) is 10.4 Å². The van der Waals surface area contributed by atoms with Crippen molar-refractivity contribution in [2.45, 2.75) is 31.5 Å². The first kappa shape index (κ1) is 29.2. The Bertz CT molecular complexity index is 1110. The SMILES string of the molecule is CN(C(=O)OC12CCN(CC1)CC2)c1nc(NCCOCc2ccccc2)sc1-c1ccccc1.Cl.Cl. The minimum Gasteiger partial charge on any atom is -0.442 e. The summed E-state index contributed by atoms with van der Waals surface area (Å²) in [6.07, 6.45) is 2.39. The Hall–Kier alpha value is -2.36. The molecule has 3 aromatic rings. The van der Waals surface area contributed by atoms with Gasteiger partial charge in [0.25, 0.3) is 0 Å². The van der Waals surface area contributed by atoms with Crippen molar-refractivity contribution in [2.24, 2.45) is 0 Å². The van der Waals surface area contributed by atoms with E-state index in [1.165, 1.54) is 11.3 Å². The Balaban J connectivity index is 0.00000190. The zero-order valence-corrected chi connectivity index (χ0v) is 23.4. The highest BCUT2D eigenvalue weighted by Crippen LogP contribution is 2.40. The van der Waals surface area contributed by atoms with E-state index in [1.807, 2.05) is 48.5 Å². The van der Waals surface area contributed by atoms with E-state index in [0.29, 0.717) is 25.6 Å². The Morgan fingerprint density at radius 1 is 1.03 bits per heavy atom. The number of carbonyl (C=O) groups excluding carboxylic acids is 1. The van der Waals surface area contributed by atoms with E-state index in [1.54, 1.807) is 11.9 Å². The van der Waals surface area contributed by atoms with Gasteiger partial charge in [-0.2, -0.15) is 0 Å². The number of benzene rings is 2. The first-order valence-electron chi connectivity index (χ1n) is 12.2. The molecule has 3 aliphatic heterocycles. The number of carbonyl (C=O) groups is 1. The summed E-state index contributed by atoms with van der Waals surface area (Å²) in [6.45, 7) is 4.77. The minimum atomic E-state index is -0.333. The molecule has 200 valence electrons. The Labute approximate surface area is 235 Å². The highest BCUT2D eigenvalue weighted by Gasteiger charge is 2.43. The fourth-order valence-electron chi connectivity index (χ4n) is 4.68. The zero-order chi connectivity index (χ0) is 24.1.